The number of nitriles is 1. The highest BCUT2D eigenvalue weighted by Gasteiger charge is 2.28. The topological polar surface area (TPSA) is 67.7 Å². The average molecular weight is 370 g/mol. The maximum Gasteiger partial charge on any atom is 0.320 e. The van der Waals surface area contributed by atoms with Crippen LogP contribution in [0.3, 0.4) is 0 Å². The largest absolute Gasteiger partial charge is 0.339 e. The van der Waals surface area contributed by atoms with Crippen LogP contribution in [0.5, 0.6) is 0 Å². The Labute approximate surface area is 158 Å². The number of rotatable bonds is 1. The minimum atomic E-state index is -0.363. The van der Waals surface area contributed by atoms with E-state index in [0.29, 0.717) is 63.2 Å². The van der Waals surface area contributed by atoms with Gasteiger partial charge >= 0.3 is 6.03 Å². The Bertz CT molecular complexity index is 796. The summed E-state index contributed by atoms with van der Waals surface area (Å²) in [6.07, 6.45) is 1.22. The molecule has 2 saturated heterocycles. The van der Waals surface area contributed by atoms with E-state index in [-0.39, 0.29) is 17.8 Å². The maximum atomic E-state index is 13.5. The Hall–Kier alpha value is -2.88. The van der Waals surface area contributed by atoms with Crippen LogP contribution in [-0.4, -0.2) is 65.9 Å². The van der Waals surface area contributed by atoms with Crippen LogP contribution >= 0.6 is 0 Å². The number of allylic oxidation sites excluding steroid dienone is 1. The van der Waals surface area contributed by atoms with E-state index >= 15 is 0 Å². The van der Waals surface area contributed by atoms with Crippen LogP contribution in [0.25, 0.3) is 5.57 Å². The van der Waals surface area contributed by atoms with Gasteiger partial charge in [0, 0.05) is 46.2 Å². The van der Waals surface area contributed by atoms with Crippen LogP contribution < -0.4 is 0 Å². The van der Waals surface area contributed by atoms with Gasteiger partial charge in [0.2, 0.25) is 5.91 Å². The van der Waals surface area contributed by atoms with Gasteiger partial charge in [-0.05, 0) is 36.1 Å². The highest BCUT2D eigenvalue weighted by Crippen LogP contribution is 2.27. The Morgan fingerprint density at radius 1 is 1.00 bits per heavy atom. The molecule has 1 aromatic rings. The Kier molecular flexibility index (Phi) is 5.75. The van der Waals surface area contributed by atoms with Crippen molar-refractivity contribution in [3.05, 3.63) is 41.2 Å². The molecule has 3 rings (SSSR count). The predicted octanol–water partition coefficient (Wildman–Crippen LogP) is 2.48. The van der Waals surface area contributed by atoms with Crippen LogP contribution in [0.2, 0.25) is 0 Å². The third kappa shape index (κ3) is 4.27. The van der Waals surface area contributed by atoms with E-state index < -0.39 is 0 Å². The second kappa shape index (κ2) is 8.21. The fraction of sp³-hybridized carbons (Fsp3) is 0.450. The molecule has 2 aliphatic heterocycles. The summed E-state index contributed by atoms with van der Waals surface area (Å²) in [6.45, 7) is 4.86. The van der Waals surface area contributed by atoms with Gasteiger partial charge in [-0.15, -0.1) is 0 Å². The molecule has 0 bridgehead atoms. The minimum absolute atomic E-state index is 0.0125. The standard InChI is InChI=1S/C20H23FN4O2/c1-15(26)23-9-11-25(12-10-23)20(27)24-7-5-16(6-8-24)19(14-22)17-3-2-4-18(21)13-17/h2-4,13H,5-12H2,1H3. The van der Waals surface area contributed by atoms with Crippen LogP contribution in [-0.2, 0) is 4.79 Å². The molecular formula is C20H23FN4O2. The lowest BCUT2D eigenvalue weighted by Gasteiger charge is -2.38. The molecule has 2 fully saturated rings. The molecule has 0 N–H and O–H groups in total. The van der Waals surface area contributed by atoms with Crippen LogP contribution in [0, 0.1) is 17.1 Å². The van der Waals surface area contributed by atoms with Crippen molar-refractivity contribution >= 4 is 17.5 Å². The Balaban J connectivity index is 1.62. The first-order valence-electron chi connectivity index (χ1n) is 9.17. The number of nitrogens with zero attached hydrogens (tertiary/aromatic N) is 4. The van der Waals surface area contributed by atoms with E-state index in [1.54, 1.807) is 33.8 Å². The summed E-state index contributed by atoms with van der Waals surface area (Å²) in [5.41, 5.74) is 2.07. The SMILES string of the molecule is CC(=O)N1CCN(C(=O)N2CCC(=C(C#N)c3cccc(F)c3)CC2)CC1. The first-order chi connectivity index (χ1) is 13.0. The second-order valence-corrected chi connectivity index (χ2v) is 6.86. The number of hydrogen-bond donors (Lipinski definition) is 0. The Morgan fingerprint density at radius 3 is 2.15 bits per heavy atom. The molecule has 0 spiro atoms. The molecule has 1 aromatic carbocycles. The number of likely N-dealkylation sites (tertiary alicyclic amines) is 1. The lowest BCUT2D eigenvalue weighted by atomic mass is 9.94. The number of hydrogen-bond acceptors (Lipinski definition) is 3. The van der Waals surface area contributed by atoms with Gasteiger partial charge < -0.3 is 14.7 Å². The fourth-order valence-electron chi connectivity index (χ4n) is 3.62. The second-order valence-electron chi connectivity index (χ2n) is 6.86. The zero-order valence-electron chi connectivity index (χ0n) is 15.4. The first kappa shape index (κ1) is 18.9. The third-order valence-corrected chi connectivity index (χ3v) is 5.21. The molecule has 7 heteroatoms. The smallest absolute Gasteiger partial charge is 0.320 e. The molecule has 0 saturated carbocycles. The summed E-state index contributed by atoms with van der Waals surface area (Å²) in [5, 5.41) is 9.52. The number of piperazine rings is 1. The fourth-order valence-corrected chi connectivity index (χ4v) is 3.62. The van der Waals surface area contributed by atoms with Crippen LogP contribution in [0.15, 0.2) is 29.8 Å². The molecular weight excluding hydrogens is 347 g/mol. The van der Waals surface area contributed by atoms with Crippen molar-refractivity contribution in [1.82, 2.24) is 14.7 Å². The molecule has 0 aromatic heterocycles. The van der Waals surface area contributed by atoms with Crippen molar-refractivity contribution < 1.29 is 14.0 Å². The number of urea groups is 1. The van der Waals surface area contributed by atoms with Gasteiger partial charge in [-0.1, -0.05) is 12.1 Å². The molecule has 142 valence electrons. The quantitative estimate of drug-likeness (QED) is 0.713. The van der Waals surface area contributed by atoms with Crippen molar-refractivity contribution in [2.75, 3.05) is 39.3 Å². The molecule has 0 unspecified atom stereocenters. The van der Waals surface area contributed by atoms with Gasteiger partial charge in [-0.25, -0.2) is 9.18 Å². The molecule has 6 nitrogen and oxygen atoms in total. The highest BCUT2D eigenvalue weighted by atomic mass is 19.1. The number of carbonyl (C=O) groups is 2. The average Bonchev–Trinajstić information content (AvgIpc) is 2.69. The van der Waals surface area contributed by atoms with Crippen molar-refractivity contribution in [1.29, 1.82) is 5.26 Å². The normalized spacial score (nSPS) is 17.5. The van der Waals surface area contributed by atoms with Gasteiger partial charge in [-0.2, -0.15) is 5.26 Å². The number of piperidine rings is 1. The highest BCUT2D eigenvalue weighted by molar-refractivity contribution is 5.80. The number of amides is 3. The monoisotopic (exact) mass is 370 g/mol. The Morgan fingerprint density at radius 2 is 1.59 bits per heavy atom. The van der Waals surface area contributed by atoms with Crippen LogP contribution in [0.4, 0.5) is 9.18 Å². The molecule has 2 aliphatic rings. The number of halogens is 1. The zero-order valence-corrected chi connectivity index (χ0v) is 15.4. The summed E-state index contributed by atoms with van der Waals surface area (Å²) in [6, 6.07) is 8.25. The van der Waals surface area contributed by atoms with Gasteiger partial charge in [0.1, 0.15) is 5.82 Å². The molecule has 0 aliphatic carbocycles. The summed E-state index contributed by atoms with van der Waals surface area (Å²) in [7, 11) is 0. The molecule has 3 amide bonds. The molecule has 2 heterocycles. The zero-order chi connectivity index (χ0) is 19.4. The van der Waals surface area contributed by atoms with E-state index in [0.717, 1.165) is 5.57 Å². The van der Waals surface area contributed by atoms with E-state index in [2.05, 4.69) is 6.07 Å². The molecule has 0 atom stereocenters. The van der Waals surface area contributed by atoms with E-state index in [9.17, 15) is 19.2 Å². The predicted molar refractivity (Wildman–Crippen MR) is 99.0 cm³/mol. The van der Waals surface area contributed by atoms with Crippen molar-refractivity contribution in [2.45, 2.75) is 19.8 Å². The van der Waals surface area contributed by atoms with Crippen molar-refractivity contribution in [3.63, 3.8) is 0 Å². The van der Waals surface area contributed by atoms with Gasteiger partial charge in [0.15, 0.2) is 0 Å². The summed E-state index contributed by atoms with van der Waals surface area (Å²) < 4.78 is 13.5. The van der Waals surface area contributed by atoms with E-state index in [4.69, 9.17) is 0 Å². The van der Waals surface area contributed by atoms with Gasteiger partial charge in [0.05, 0.1) is 11.6 Å². The van der Waals surface area contributed by atoms with Gasteiger partial charge in [-0.3, -0.25) is 4.79 Å². The molecule has 0 radical (unpaired) electrons. The minimum Gasteiger partial charge on any atom is -0.339 e. The number of benzene rings is 1. The van der Waals surface area contributed by atoms with Crippen molar-refractivity contribution in [3.8, 4) is 6.07 Å². The van der Waals surface area contributed by atoms with Crippen molar-refractivity contribution in [2.24, 2.45) is 0 Å². The third-order valence-electron chi connectivity index (χ3n) is 5.21. The van der Waals surface area contributed by atoms with E-state index in [1.807, 2.05) is 0 Å². The first-order valence-corrected chi connectivity index (χ1v) is 9.17. The lowest BCUT2D eigenvalue weighted by molar-refractivity contribution is -0.130. The summed E-state index contributed by atoms with van der Waals surface area (Å²) in [5.74, 6) is -0.325. The maximum absolute atomic E-state index is 13.5. The summed E-state index contributed by atoms with van der Waals surface area (Å²) in [4.78, 5) is 29.4. The number of carbonyl (C=O) groups excluding carboxylic acids is 2. The molecule has 27 heavy (non-hydrogen) atoms. The van der Waals surface area contributed by atoms with Crippen LogP contribution in [0.1, 0.15) is 25.3 Å². The van der Waals surface area contributed by atoms with Gasteiger partial charge in [0.25, 0.3) is 0 Å². The summed E-state index contributed by atoms with van der Waals surface area (Å²) >= 11 is 0. The van der Waals surface area contributed by atoms with E-state index in [1.165, 1.54) is 12.1 Å². The lowest BCUT2D eigenvalue weighted by Crippen LogP contribution is -2.54.